The number of aromatic nitrogens is 2. The maximum Gasteiger partial charge on any atom is 0.131 e. The van der Waals surface area contributed by atoms with Gasteiger partial charge >= 0.3 is 0 Å². The van der Waals surface area contributed by atoms with Crippen LogP contribution in [0.1, 0.15) is 30.5 Å². The summed E-state index contributed by atoms with van der Waals surface area (Å²) in [6.07, 6.45) is 3.36. The summed E-state index contributed by atoms with van der Waals surface area (Å²) in [4.78, 5) is 2.43. The van der Waals surface area contributed by atoms with Gasteiger partial charge in [0.1, 0.15) is 5.15 Å². The summed E-state index contributed by atoms with van der Waals surface area (Å²) in [6, 6.07) is 0. The van der Waals surface area contributed by atoms with E-state index in [4.69, 9.17) is 16.7 Å². The van der Waals surface area contributed by atoms with Crippen molar-refractivity contribution < 1.29 is 5.11 Å². The van der Waals surface area contributed by atoms with Gasteiger partial charge < -0.3 is 5.11 Å². The zero-order chi connectivity index (χ0) is 13.1. The van der Waals surface area contributed by atoms with Gasteiger partial charge in [-0.2, -0.15) is 5.10 Å². The molecule has 102 valence electrons. The normalized spacial score (nSPS) is 21.4. The maximum atomic E-state index is 9.03. The fourth-order valence-corrected chi connectivity index (χ4v) is 3.02. The third-order valence-corrected chi connectivity index (χ3v) is 4.26. The molecule has 1 aliphatic rings. The molecule has 2 heterocycles. The van der Waals surface area contributed by atoms with Crippen molar-refractivity contribution in [1.82, 2.24) is 14.7 Å². The highest BCUT2D eigenvalue weighted by molar-refractivity contribution is 6.30. The van der Waals surface area contributed by atoms with Gasteiger partial charge in [0, 0.05) is 32.3 Å². The Morgan fingerprint density at radius 2 is 2.28 bits per heavy atom. The van der Waals surface area contributed by atoms with Crippen LogP contribution in [0.25, 0.3) is 0 Å². The van der Waals surface area contributed by atoms with Gasteiger partial charge in [-0.05, 0) is 38.6 Å². The molecule has 18 heavy (non-hydrogen) atoms. The van der Waals surface area contributed by atoms with Gasteiger partial charge in [0.25, 0.3) is 0 Å². The quantitative estimate of drug-likeness (QED) is 0.910. The Hall–Kier alpha value is -0.580. The SMILES string of the molecule is Cc1nn(C)c(Cl)c1CN1CCCC(CCO)C1. The number of aryl methyl sites for hydroxylation is 2. The van der Waals surface area contributed by atoms with E-state index in [2.05, 4.69) is 10.00 Å². The van der Waals surface area contributed by atoms with Gasteiger partial charge in [0.2, 0.25) is 0 Å². The first-order chi connectivity index (χ1) is 8.61. The standard InChI is InChI=1S/C13H22ClN3O/c1-10-12(13(14)16(2)15-10)9-17-6-3-4-11(8-17)5-7-18/h11,18H,3-9H2,1-2H3. The zero-order valence-corrected chi connectivity index (χ0v) is 11.9. The zero-order valence-electron chi connectivity index (χ0n) is 11.2. The van der Waals surface area contributed by atoms with E-state index in [0.29, 0.717) is 12.5 Å². The highest BCUT2D eigenvalue weighted by Gasteiger charge is 2.22. The summed E-state index contributed by atoms with van der Waals surface area (Å²) >= 11 is 6.26. The molecule has 2 rings (SSSR count). The van der Waals surface area contributed by atoms with Crippen molar-refractivity contribution >= 4 is 11.6 Å². The molecule has 0 radical (unpaired) electrons. The van der Waals surface area contributed by atoms with Crippen molar-refractivity contribution in [1.29, 1.82) is 0 Å². The number of hydrogen-bond acceptors (Lipinski definition) is 3. The van der Waals surface area contributed by atoms with Crippen LogP contribution in [0.4, 0.5) is 0 Å². The van der Waals surface area contributed by atoms with E-state index < -0.39 is 0 Å². The third-order valence-electron chi connectivity index (χ3n) is 3.79. The maximum absolute atomic E-state index is 9.03. The number of aliphatic hydroxyl groups is 1. The predicted molar refractivity (Wildman–Crippen MR) is 72.7 cm³/mol. The lowest BCUT2D eigenvalue weighted by Crippen LogP contribution is -2.35. The summed E-state index contributed by atoms with van der Waals surface area (Å²) in [6.45, 7) is 5.36. The molecule has 4 nitrogen and oxygen atoms in total. The van der Waals surface area contributed by atoms with Gasteiger partial charge in [0.15, 0.2) is 0 Å². The van der Waals surface area contributed by atoms with Crippen molar-refractivity contribution in [3.05, 3.63) is 16.4 Å². The largest absolute Gasteiger partial charge is 0.396 e. The number of halogens is 1. The molecule has 1 saturated heterocycles. The van der Waals surface area contributed by atoms with E-state index in [0.717, 1.165) is 42.5 Å². The average molecular weight is 272 g/mol. The molecule has 0 aromatic carbocycles. The second kappa shape index (κ2) is 6.04. The minimum Gasteiger partial charge on any atom is -0.396 e. The molecule has 1 aromatic heterocycles. The number of nitrogens with zero attached hydrogens (tertiary/aromatic N) is 3. The van der Waals surface area contributed by atoms with E-state index in [1.807, 2.05) is 14.0 Å². The van der Waals surface area contributed by atoms with Crippen LogP contribution in [0.5, 0.6) is 0 Å². The molecule has 1 unspecified atom stereocenters. The van der Waals surface area contributed by atoms with E-state index in [1.54, 1.807) is 4.68 Å². The Morgan fingerprint density at radius 3 is 2.89 bits per heavy atom. The lowest BCUT2D eigenvalue weighted by molar-refractivity contribution is 0.142. The van der Waals surface area contributed by atoms with Gasteiger partial charge in [-0.3, -0.25) is 9.58 Å². The van der Waals surface area contributed by atoms with Crippen molar-refractivity contribution in [2.24, 2.45) is 13.0 Å². The molecular formula is C13H22ClN3O. The van der Waals surface area contributed by atoms with Crippen LogP contribution in [0.15, 0.2) is 0 Å². The first kappa shape index (κ1) is 13.8. The van der Waals surface area contributed by atoms with E-state index >= 15 is 0 Å². The van der Waals surface area contributed by atoms with Crippen LogP contribution in [0, 0.1) is 12.8 Å². The van der Waals surface area contributed by atoms with Crippen LogP contribution < -0.4 is 0 Å². The Balaban J connectivity index is 2.00. The number of piperidine rings is 1. The average Bonchev–Trinajstić information content (AvgIpc) is 2.57. The minimum atomic E-state index is 0.297. The number of rotatable bonds is 4. The topological polar surface area (TPSA) is 41.3 Å². The Labute approximate surface area is 114 Å². The summed E-state index contributed by atoms with van der Waals surface area (Å²) in [5, 5.41) is 14.1. The summed E-state index contributed by atoms with van der Waals surface area (Å²) in [5.41, 5.74) is 2.16. The molecule has 1 N–H and O–H groups in total. The first-order valence-corrected chi connectivity index (χ1v) is 7.00. The van der Waals surface area contributed by atoms with Gasteiger partial charge in [0.05, 0.1) is 5.69 Å². The lowest BCUT2D eigenvalue weighted by Gasteiger charge is -2.32. The molecular weight excluding hydrogens is 250 g/mol. The van der Waals surface area contributed by atoms with E-state index in [-0.39, 0.29) is 0 Å². The first-order valence-electron chi connectivity index (χ1n) is 6.63. The molecule has 1 aromatic rings. The van der Waals surface area contributed by atoms with Crippen molar-refractivity contribution in [2.45, 2.75) is 32.7 Å². The molecule has 1 aliphatic heterocycles. The van der Waals surface area contributed by atoms with E-state index in [9.17, 15) is 0 Å². The number of hydrogen-bond donors (Lipinski definition) is 1. The molecule has 5 heteroatoms. The summed E-state index contributed by atoms with van der Waals surface area (Å²) < 4.78 is 1.74. The third kappa shape index (κ3) is 3.05. The Kier molecular flexibility index (Phi) is 4.65. The molecule has 0 spiro atoms. The van der Waals surface area contributed by atoms with E-state index in [1.165, 1.54) is 12.8 Å². The monoisotopic (exact) mass is 271 g/mol. The molecule has 0 amide bonds. The van der Waals surface area contributed by atoms with Crippen LogP contribution in [0.3, 0.4) is 0 Å². The van der Waals surface area contributed by atoms with Crippen molar-refractivity contribution in [3.63, 3.8) is 0 Å². The van der Waals surface area contributed by atoms with Gasteiger partial charge in [-0.25, -0.2) is 0 Å². The van der Waals surface area contributed by atoms with Crippen LogP contribution in [-0.4, -0.2) is 39.5 Å². The second-order valence-electron chi connectivity index (χ2n) is 5.23. The Bertz CT molecular complexity index is 403. The fraction of sp³-hybridized carbons (Fsp3) is 0.769. The predicted octanol–water partition coefficient (Wildman–Crippen LogP) is 1.98. The smallest absolute Gasteiger partial charge is 0.131 e. The number of aliphatic hydroxyl groups excluding tert-OH is 1. The van der Waals surface area contributed by atoms with Gasteiger partial charge in [-0.15, -0.1) is 0 Å². The number of likely N-dealkylation sites (tertiary alicyclic amines) is 1. The molecule has 0 bridgehead atoms. The molecule has 1 fully saturated rings. The molecule has 1 atom stereocenters. The highest BCUT2D eigenvalue weighted by Crippen LogP contribution is 2.25. The summed E-state index contributed by atoms with van der Waals surface area (Å²) in [5.74, 6) is 0.625. The summed E-state index contributed by atoms with van der Waals surface area (Å²) in [7, 11) is 1.88. The fourth-order valence-electron chi connectivity index (χ4n) is 2.79. The lowest BCUT2D eigenvalue weighted by atomic mass is 9.95. The van der Waals surface area contributed by atoms with Crippen molar-refractivity contribution in [3.8, 4) is 0 Å². The van der Waals surface area contributed by atoms with Crippen LogP contribution in [-0.2, 0) is 13.6 Å². The van der Waals surface area contributed by atoms with Crippen LogP contribution in [0.2, 0.25) is 5.15 Å². The van der Waals surface area contributed by atoms with Gasteiger partial charge in [-0.1, -0.05) is 11.6 Å². The van der Waals surface area contributed by atoms with Crippen LogP contribution >= 0.6 is 11.6 Å². The highest BCUT2D eigenvalue weighted by atomic mass is 35.5. The molecule has 0 aliphatic carbocycles. The van der Waals surface area contributed by atoms with Crippen molar-refractivity contribution in [2.75, 3.05) is 19.7 Å². The molecule has 0 saturated carbocycles. The Morgan fingerprint density at radius 1 is 1.50 bits per heavy atom. The minimum absolute atomic E-state index is 0.297. The second-order valence-corrected chi connectivity index (χ2v) is 5.59.